The van der Waals surface area contributed by atoms with Crippen LogP contribution in [0.2, 0.25) is 0 Å². The van der Waals surface area contributed by atoms with Gasteiger partial charge in [-0.15, -0.1) is 11.3 Å². The van der Waals surface area contributed by atoms with Gasteiger partial charge in [-0.05, 0) is 12.8 Å². The second-order valence-corrected chi connectivity index (χ2v) is 5.03. The summed E-state index contributed by atoms with van der Waals surface area (Å²) in [5.74, 6) is -1.33. The first-order valence-corrected chi connectivity index (χ1v) is 6.32. The minimum atomic E-state index is -1.18. The molecule has 96 valence electrons. The maximum atomic E-state index is 11.8. The molecule has 2 heterocycles. The number of likely N-dealkylation sites (tertiary alicyclic amines) is 1. The molecule has 1 aliphatic rings. The summed E-state index contributed by atoms with van der Waals surface area (Å²) in [6.45, 7) is 1.47. The third kappa shape index (κ3) is 2.86. The number of aromatic amines is 1. The molecule has 1 saturated heterocycles. The van der Waals surface area contributed by atoms with Crippen LogP contribution in [0.1, 0.15) is 12.8 Å². The Kier molecular flexibility index (Phi) is 3.61. The molecule has 0 radical (unpaired) electrons. The van der Waals surface area contributed by atoms with E-state index in [0.717, 1.165) is 43.3 Å². The van der Waals surface area contributed by atoms with Crippen LogP contribution in [0.4, 0.5) is 0 Å². The van der Waals surface area contributed by atoms with Crippen LogP contribution in [0.3, 0.4) is 0 Å². The molecule has 0 spiro atoms. The molecule has 6 nitrogen and oxygen atoms in total. The van der Waals surface area contributed by atoms with Crippen molar-refractivity contribution in [3.8, 4) is 0 Å². The third-order valence-corrected chi connectivity index (χ3v) is 3.57. The average molecular weight is 268 g/mol. The number of carboxylic acid groups (broad SMARTS) is 1. The van der Waals surface area contributed by atoms with E-state index in [4.69, 9.17) is 5.11 Å². The van der Waals surface area contributed by atoms with E-state index >= 15 is 0 Å². The molecule has 0 bridgehead atoms. The van der Waals surface area contributed by atoms with E-state index in [1.807, 2.05) is 0 Å². The van der Waals surface area contributed by atoms with Crippen LogP contribution in [0.25, 0.3) is 12.2 Å². The molecular formula is C11H12N2O4S. The normalized spacial score (nSPS) is 17.4. The first-order valence-electron chi connectivity index (χ1n) is 5.50. The number of carbonyl (C=O) groups is 2. The van der Waals surface area contributed by atoms with Crippen molar-refractivity contribution in [1.29, 1.82) is 0 Å². The Morgan fingerprint density at radius 2 is 1.94 bits per heavy atom. The van der Waals surface area contributed by atoms with E-state index in [9.17, 15) is 14.4 Å². The van der Waals surface area contributed by atoms with Crippen molar-refractivity contribution >= 4 is 35.4 Å². The molecular weight excluding hydrogens is 256 g/mol. The number of aromatic nitrogens is 1. The molecule has 2 N–H and O–H groups in total. The Bertz CT molecular complexity index is 637. The zero-order chi connectivity index (χ0) is 13.1. The monoisotopic (exact) mass is 268 g/mol. The van der Waals surface area contributed by atoms with Crippen molar-refractivity contribution in [1.82, 2.24) is 9.88 Å². The second-order valence-electron chi connectivity index (χ2n) is 3.94. The molecule has 18 heavy (non-hydrogen) atoms. The first-order chi connectivity index (χ1) is 8.56. The number of hydrogen-bond donors (Lipinski definition) is 2. The van der Waals surface area contributed by atoms with Crippen molar-refractivity contribution in [2.45, 2.75) is 12.8 Å². The lowest BCUT2D eigenvalue weighted by Gasteiger charge is -2.10. The third-order valence-electron chi connectivity index (χ3n) is 2.61. The molecule has 2 rings (SSSR count). The van der Waals surface area contributed by atoms with Gasteiger partial charge in [0.05, 0.1) is 0 Å². The minimum Gasteiger partial charge on any atom is -0.478 e. The predicted molar refractivity (Wildman–Crippen MR) is 66.6 cm³/mol. The van der Waals surface area contributed by atoms with Gasteiger partial charge in [-0.2, -0.15) is 0 Å². The number of amides is 1. The van der Waals surface area contributed by atoms with Crippen LogP contribution >= 0.6 is 11.3 Å². The SMILES string of the molecule is O=C(O)/C=c1\s/c(=C\C(=O)N2CCCC2)[nH]c1=O. The van der Waals surface area contributed by atoms with Gasteiger partial charge in [0.25, 0.3) is 5.56 Å². The van der Waals surface area contributed by atoms with Crippen LogP contribution in [-0.2, 0) is 9.59 Å². The maximum Gasteiger partial charge on any atom is 0.329 e. The van der Waals surface area contributed by atoms with E-state index in [0.29, 0.717) is 4.66 Å². The summed E-state index contributed by atoms with van der Waals surface area (Å²) in [6, 6.07) is 0. The molecule has 1 aliphatic heterocycles. The number of aliphatic carboxylic acids is 1. The number of thiazole rings is 1. The predicted octanol–water partition coefficient (Wildman–Crippen LogP) is -1.30. The molecule has 0 aromatic carbocycles. The summed E-state index contributed by atoms with van der Waals surface area (Å²) >= 11 is 0.967. The van der Waals surface area contributed by atoms with Crippen LogP contribution in [-0.4, -0.2) is 40.0 Å². The van der Waals surface area contributed by atoms with Crippen molar-refractivity contribution in [3.05, 3.63) is 19.5 Å². The minimum absolute atomic E-state index is 0.0861. The zero-order valence-corrected chi connectivity index (χ0v) is 10.3. The summed E-state index contributed by atoms with van der Waals surface area (Å²) in [4.78, 5) is 37.8. The standard InChI is InChI=1S/C11H12N2O4S/c14-9(13-3-1-2-4-13)6-8-12-11(17)7(18-8)5-10(15)16/h5-6H,1-4H2,(H,12,17)(H,15,16)/b7-5-,8-6-. The fourth-order valence-corrected chi connectivity index (χ4v) is 2.62. The summed E-state index contributed by atoms with van der Waals surface area (Å²) in [5.41, 5.74) is -0.483. The number of hydrogen-bond acceptors (Lipinski definition) is 4. The van der Waals surface area contributed by atoms with Crippen LogP contribution < -0.4 is 14.8 Å². The lowest BCUT2D eigenvalue weighted by atomic mass is 10.4. The largest absolute Gasteiger partial charge is 0.478 e. The fourth-order valence-electron chi connectivity index (χ4n) is 1.78. The number of nitrogens with one attached hydrogen (secondary N) is 1. The highest BCUT2D eigenvalue weighted by atomic mass is 32.1. The molecule has 1 amide bonds. The molecule has 1 aromatic heterocycles. The highest BCUT2D eigenvalue weighted by molar-refractivity contribution is 7.07. The molecule has 0 unspecified atom stereocenters. The number of H-pyrrole nitrogens is 1. The summed E-state index contributed by atoms with van der Waals surface area (Å²) < 4.78 is 0.465. The summed E-state index contributed by atoms with van der Waals surface area (Å²) in [7, 11) is 0. The quantitative estimate of drug-likeness (QED) is 0.698. The van der Waals surface area contributed by atoms with Gasteiger partial charge in [-0.1, -0.05) is 0 Å². The van der Waals surface area contributed by atoms with Gasteiger partial charge in [0.15, 0.2) is 0 Å². The second kappa shape index (κ2) is 5.18. The highest BCUT2D eigenvalue weighted by Gasteiger charge is 2.15. The lowest BCUT2D eigenvalue weighted by Crippen LogP contribution is -2.27. The van der Waals surface area contributed by atoms with Crippen LogP contribution in [0, 0.1) is 0 Å². The molecule has 0 aliphatic carbocycles. The van der Waals surface area contributed by atoms with E-state index in [1.165, 1.54) is 6.08 Å². The van der Waals surface area contributed by atoms with E-state index in [-0.39, 0.29) is 10.4 Å². The van der Waals surface area contributed by atoms with E-state index in [1.54, 1.807) is 4.90 Å². The Morgan fingerprint density at radius 3 is 2.56 bits per heavy atom. The summed E-state index contributed by atoms with van der Waals surface area (Å²) in [5, 5.41) is 8.57. The van der Waals surface area contributed by atoms with Crippen molar-refractivity contribution in [2.75, 3.05) is 13.1 Å². The molecule has 0 saturated carbocycles. The number of carbonyl (C=O) groups excluding carboxylic acids is 1. The number of carboxylic acids is 1. The van der Waals surface area contributed by atoms with Gasteiger partial charge in [0.1, 0.15) is 9.20 Å². The fraction of sp³-hybridized carbons (Fsp3) is 0.364. The molecule has 1 aromatic rings. The average Bonchev–Trinajstić information content (AvgIpc) is 2.89. The van der Waals surface area contributed by atoms with Crippen molar-refractivity contribution < 1.29 is 14.7 Å². The van der Waals surface area contributed by atoms with Crippen LogP contribution in [0.15, 0.2) is 4.79 Å². The first kappa shape index (κ1) is 12.6. The van der Waals surface area contributed by atoms with Gasteiger partial charge in [0.2, 0.25) is 5.91 Å². The molecule has 7 heteroatoms. The van der Waals surface area contributed by atoms with Crippen LogP contribution in [0.5, 0.6) is 0 Å². The Hall–Kier alpha value is -1.89. The Labute approximate surface area is 106 Å². The van der Waals surface area contributed by atoms with Gasteiger partial charge in [-0.25, -0.2) is 4.79 Å². The molecule has 1 fully saturated rings. The van der Waals surface area contributed by atoms with Gasteiger partial charge in [0, 0.05) is 25.2 Å². The Balaban J connectivity index is 2.31. The van der Waals surface area contributed by atoms with Crippen molar-refractivity contribution in [3.63, 3.8) is 0 Å². The van der Waals surface area contributed by atoms with Crippen molar-refractivity contribution in [2.24, 2.45) is 0 Å². The van der Waals surface area contributed by atoms with Gasteiger partial charge >= 0.3 is 5.97 Å². The maximum absolute atomic E-state index is 11.8. The molecule has 0 atom stereocenters. The Morgan fingerprint density at radius 1 is 1.28 bits per heavy atom. The topological polar surface area (TPSA) is 90.5 Å². The van der Waals surface area contributed by atoms with Gasteiger partial charge < -0.3 is 15.0 Å². The summed E-state index contributed by atoms with van der Waals surface area (Å²) in [6.07, 6.45) is 4.18. The lowest BCUT2D eigenvalue weighted by molar-refractivity contribution is -0.129. The zero-order valence-electron chi connectivity index (χ0n) is 9.51. The number of nitrogens with zero attached hydrogens (tertiary/aromatic N) is 1. The van der Waals surface area contributed by atoms with E-state index in [2.05, 4.69) is 4.98 Å². The highest BCUT2D eigenvalue weighted by Crippen LogP contribution is 2.07. The number of rotatable bonds is 2. The van der Waals surface area contributed by atoms with E-state index < -0.39 is 11.5 Å². The van der Waals surface area contributed by atoms with Gasteiger partial charge in [-0.3, -0.25) is 9.59 Å². The smallest absolute Gasteiger partial charge is 0.329 e.